The molecule has 4 saturated heterocycles. The highest BCUT2D eigenvalue weighted by molar-refractivity contribution is 7.13. The first kappa shape index (κ1) is 47.3. The molecule has 1 atom stereocenters. The Labute approximate surface area is 422 Å². The van der Waals surface area contributed by atoms with Crippen LogP contribution in [0.1, 0.15) is 101 Å². The van der Waals surface area contributed by atoms with E-state index in [1.807, 2.05) is 34.2 Å². The highest BCUT2D eigenvalue weighted by Gasteiger charge is 2.32. The first-order valence-corrected chi connectivity index (χ1v) is 27.8. The van der Waals surface area contributed by atoms with Crippen molar-refractivity contribution in [2.24, 2.45) is 5.92 Å². The van der Waals surface area contributed by atoms with E-state index in [1.165, 1.54) is 35.9 Å². The molecule has 0 bridgehead atoms. The van der Waals surface area contributed by atoms with Crippen molar-refractivity contribution >= 4 is 78.4 Å². The summed E-state index contributed by atoms with van der Waals surface area (Å²) < 4.78 is 36.5. The predicted molar refractivity (Wildman–Crippen MR) is 276 cm³/mol. The van der Waals surface area contributed by atoms with Crippen LogP contribution in [0.4, 0.5) is 34.9 Å². The van der Waals surface area contributed by atoms with E-state index >= 15 is 0 Å². The van der Waals surface area contributed by atoms with Gasteiger partial charge in [-0.2, -0.15) is 38.9 Å². The van der Waals surface area contributed by atoms with Crippen LogP contribution in [0.2, 0.25) is 0 Å². The number of nitrogens with one attached hydrogen (secondary N) is 4. The van der Waals surface area contributed by atoms with Crippen molar-refractivity contribution in [1.29, 1.82) is 0 Å². The van der Waals surface area contributed by atoms with Gasteiger partial charge in [0.2, 0.25) is 11.9 Å². The number of morpholine rings is 2. The minimum Gasteiger partial charge on any atom is -0.381 e. The number of anilines is 6. The number of hydrogen-bond donors (Lipinski definition) is 4. The monoisotopic (exact) mass is 1010 g/mol. The van der Waals surface area contributed by atoms with Crippen LogP contribution in [-0.2, 0) is 32.0 Å². The quantitative estimate of drug-likeness (QED) is 0.0713. The van der Waals surface area contributed by atoms with Crippen LogP contribution < -0.4 is 21.3 Å². The molecule has 380 valence electrons. The van der Waals surface area contributed by atoms with Crippen molar-refractivity contribution in [3.63, 3.8) is 0 Å². The largest absolute Gasteiger partial charge is 0.381 e. The summed E-state index contributed by atoms with van der Waals surface area (Å²) in [6.45, 7) is 14.4. The standard InChI is InChI=1S/C49H68N16O4S2/c1-31(42-40-44(52-34-2-6-38(7-3-34)62-14-20-67-21-15-62)56-49(58-46(40)70-60-42)55-37-25-51-65(28-37)26-32-29-69-30-32)10-13-64-27-36(24-50-64)54-48-57-45(41-43(61-71-47(41)59-48)33-11-18-66-19-12-33)53-35-4-8-39(9-5-35)63-16-22-68-23-17-63/h24-25,27-28,31-35,38-39H,2-23,26,29-30H2,1H3,(H2,52,55,56,58)(H2,53,54,57,59). The van der Waals surface area contributed by atoms with Crippen LogP contribution in [0.15, 0.2) is 24.8 Å². The summed E-state index contributed by atoms with van der Waals surface area (Å²) >= 11 is 2.91. The molecule has 22 heteroatoms. The van der Waals surface area contributed by atoms with Gasteiger partial charge >= 0.3 is 0 Å². The number of hydrogen-bond acceptors (Lipinski definition) is 20. The van der Waals surface area contributed by atoms with Crippen LogP contribution in [0, 0.1) is 5.92 Å². The van der Waals surface area contributed by atoms with Crippen molar-refractivity contribution in [2.45, 2.75) is 127 Å². The first-order valence-electron chi connectivity index (χ1n) is 26.3. The summed E-state index contributed by atoms with van der Waals surface area (Å²) in [5.41, 5.74) is 3.82. The fourth-order valence-corrected chi connectivity index (χ4v) is 13.3. The third-order valence-corrected chi connectivity index (χ3v) is 17.2. The van der Waals surface area contributed by atoms with Gasteiger partial charge in [0.05, 0.1) is 85.6 Å². The zero-order valence-corrected chi connectivity index (χ0v) is 42.5. The molecule has 0 radical (unpaired) electrons. The summed E-state index contributed by atoms with van der Waals surface area (Å²) in [6, 6.07) is 1.89. The maximum atomic E-state index is 5.73. The van der Waals surface area contributed by atoms with Crippen molar-refractivity contribution in [3.05, 3.63) is 36.2 Å². The van der Waals surface area contributed by atoms with Gasteiger partial charge in [0.1, 0.15) is 11.6 Å². The molecule has 10 heterocycles. The number of ether oxygens (including phenoxy) is 4. The smallest absolute Gasteiger partial charge is 0.230 e. The Kier molecular flexibility index (Phi) is 14.5. The van der Waals surface area contributed by atoms with Gasteiger partial charge in [-0.15, -0.1) is 0 Å². The molecule has 4 N–H and O–H groups in total. The average molecular weight is 1010 g/mol. The topological polar surface area (TPSA) is 205 Å². The van der Waals surface area contributed by atoms with Gasteiger partial charge in [0.15, 0.2) is 9.66 Å². The molecule has 2 saturated carbocycles. The highest BCUT2D eigenvalue weighted by Crippen LogP contribution is 2.40. The molecule has 1 unspecified atom stereocenters. The summed E-state index contributed by atoms with van der Waals surface area (Å²) in [7, 11) is 0. The van der Waals surface area contributed by atoms with Crippen molar-refractivity contribution in [3.8, 4) is 0 Å². The van der Waals surface area contributed by atoms with Gasteiger partial charge in [-0.25, -0.2) is 0 Å². The average Bonchev–Trinajstić information content (AvgIpc) is 4.24. The van der Waals surface area contributed by atoms with E-state index in [-0.39, 0.29) is 5.92 Å². The molecular formula is C49H68N16O4S2. The maximum Gasteiger partial charge on any atom is 0.230 e. The fraction of sp³-hybridized carbons (Fsp3) is 0.673. The second-order valence-electron chi connectivity index (χ2n) is 20.6. The van der Waals surface area contributed by atoms with Gasteiger partial charge in [-0.05, 0) is 93.7 Å². The van der Waals surface area contributed by atoms with Crippen LogP contribution in [0.3, 0.4) is 0 Å². The summed E-state index contributed by atoms with van der Waals surface area (Å²) in [4.78, 5) is 27.4. The van der Waals surface area contributed by atoms with Gasteiger partial charge in [0, 0.05) is 107 Å². The molecular weight excluding hydrogens is 941 g/mol. The van der Waals surface area contributed by atoms with E-state index in [1.54, 1.807) is 0 Å². The predicted octanol–water partition coefficient (Wildman–Crippen LogP) is 7.21. The van der Waals surface area contributed by atoms with E-state index in [9.17, 15) is 0 Å². The van der Waals surface area contributed by atoms with Crippen molar-refractivity contribution in [1.82, 2.24) is 58.0 Å². The van der Waals surface area contributed by atoms with E-state index in [4.69, 9.17) is 52.7 Å². The molecule has 6 aromatic rings. The second-order valence-corrected chi connectivity index (χ2v) is 22.1. The third kappa shape index (κ3) is 11.0. The van der Waals surface area contributed by atoms with E-state index < -0.39 is 0 Å². The lowest BCUT2D eigenvalue weighted by molar-refractivity contribution is -0.0408. The number of fused-ring (bicyclic) bond motifs is 2. The summed E-state index contributed by atoms with van der Waals surface area (Å²) in [5, 5.41) is 26.3. The second kappa shape index (κ2) is 21.8. The third-order valence-electron chi connectivity index (χ3n) is 15.7. The number of nitrogens with zero attached hydrogens (tertiary/aromatic N) is 12. The molecule has 0 spiro atoms. The molecule has 6 aliphatic rings. The molecule has 4 aliphatic heterocycles. The Bertz CT molecular complexity index is 2690. The Morgan fingerprint density at radius 3 is 1.73 bits per heavy atom. The highest BCUT2D eigenvalue weighted by atomic mass is 32.1. The minimum atomic E-state index is 0.123. The zero-order chi connectivity index (χ0) is 47.5. The van der Waals surface area contributed by atoms with Crippen LogP contribution in [-0.4, -0.2) is 161 Å². The van der Waals surface area contributed by atoms with Gasteiger partial charge in [-0.1, -0.05) is 6.92 Å². The molecule has 6 fully saturated rings. The molecule has 71 heavy (non-hydrogen) atoms. The number of rotatable bonds is 17. The van der Waals surface area contributed by atoms with Gasteiger partial charge in [0.25, 0.3) is 0 Å². The van der Waals surface area contributed by atoms with E-state index in [0.717, 1.165) is 198 Å². The molecule has 20 nitrogen and oxygen atoms in total. The molecule has 6 aromatic heterocycles. The van der Waals surface area contributed by atoms with Crippen LogP contribution >= 0.6 is 23.1 Å². The fourth-order valence-electron chi connectivity index (χ4n) is 11.6. The Balaban J connectivity index is 0.734. The number of aryl methyl sites for hydroxylation is 1. The zero-order valence-electron chi connectivity index (χ0n) is 40.8. The summed E-state index contributed by atoms with van der Waals surface area (Å²) in [5.74, 6) is 3.79. The van der Waals surface area contributed by atoms with Crippen molar-refractivity contribution in [2.75, 3.05) is 100 Å². The normalized spacial score (nSPS) is 24.8. The molecule has 0 aromatic carbocycles. The molecule has 12 rings (SSSR count). The molecule has 2 aliphatic carbocycles. The lowest BCUT2D eigenvalue weighted by Crippen LogP contribution is -2.46. The number of aromatic nitrogens is 10. The lowest BCUT2D eigenvalue weighted by atomic mass is 9.89. The van der Waals surface area contributed by atoms with E-state index in [2.05, 4.69) is 43.1 Å². The Morgan fingerprint density at radius 2 is 1.14 bits per heavy atom. The lowest BCUT2D eigenvalue weighted by Gasteiger charge is -2.39. The van der Waals surface area contributed by atoms with Crippen LogP contribution in [0.5, 0.6) is 0 Å². The van der Waals surface area contributed by atoms with Crippen LogP contribution in [0.25, 0.3) is 20.4 Å². The molecule has 0 amide bonds. The Morgan fingerprint density at radius 1 is 0.606 bits per heavy atom. The first-order chi connectivity index (χ1) is 35.0. The van der Waals surface area contributed by atoms with Crippen molar-refractivity contribution < 1.29 is 18.9 Å². The minimum absolute atomic E-state index is 0.123. The summed E-state index contributed by atoms with van der Waals surface area (Å²) in [6.07, 6.45) is 19.6. The van der Waals surface area contributed by atoms with Gasteiger partial charge in [-0.3, -0.25) is 19.2 Å². The van der Waals surface area contributed by atoms with Gasteiger partial charge < -0.3 is 40.2 Å². The van der Waals surface area contributed by atoms with E-state index in [0.29, 0.717) is 54.4 Å². The Hall–Kier alpha value is -4.68. The maximum absolute atomic E-state index is 5.73. The SMILES string of the molecule is CC(CCn1cc(Nc2nc(NC3CCC(N4CCOCC4)CC3)c3c(C4CCOCC4)nsc3n2)cn1)c1nsc2nc(Nc3cnn(CC4COC4)c3)nc(NC3CCC(N4CCOCC4)CC3)c12.